The molecular formula is C23H41BN2O6. The van der Waals surface area contributed by atoms with Gasteiger partial charge in [0.1, 0.15) is 11.6 Å². The van der Waals surface area contributed by atoms with Crippen LogP contribution in [0.1, 0.15) is 74.1 Å². The Bertz CT molecular complexity index is 706. The molecule has 9 heteroatoms. The van der Waals surface area contributed by atoms with Crippen molar-refractivity contribution in [1.82, 2.24) is 10.2 Å². The molecule has 3 heterocycles. The predicted molar refractivity (Wildman–Crippen MR) is 122 cm³/mol. The summed E-state index contributed by atoms with van der Waals surface area (Å²) in [5, 5.41) is 3.56. The van der Waals surface area contributed by atoms with E-state index in [1.807, 2.05) is 20.8 Å². The minimum absolute atomic E-state index is 0.0196. The smallest absolute Gasteiger partial charge is 0.457 e. The summed E-state index contributed by atoms with van der Waals surface area (Å²) in [5.74, 6) is -0.377. The van der Waals surface area contributed by atoms with Crippen molar-refractivity contribution in [3.8, 4) is 0 Å². The predicted octanol–water partition coefficient (Wildman–Crippen LogP) is 3.39. The van der Waals surface area contributed by atoms with Gasteiger partial charge in [-0.05, 0) is 80.6 Å². The third kappa shape index (κ3) is 4.80. The van der Waals surface area contributed by atoms with E-state index in [2.05, 4.69) is 33.0 Å². The van der Waals surface area contributed by atoms with E-state index in [-0.39, 0.29) is 30.3 Å². The van der Waals surface area contributed by atoms with E-state index in [9.17, 15) is 9.59 Å². The van der Waals surface area contributed by atoms with Crippen LogP contribution in [0.2, 0.25) is 6.32 Å². The fourth-order valence-corrected chi connectivity index (χ4v) is 5.35. The van der Waals surface area contributed by atoms with Crippen LogP contribution in [0.5, 0.6) is 0 Å². The minimum Gasteiger partial charge on any atom is -0.467 e. The molecule has 0 radical (unpaired) electrons. The van der Waals surface area contributed by atoms with E-state index < -0.39 is 23.2 Å². The van der Waals surface area contributed by atoms with Crippen LogP contribution < -0.4 is 5.32 Å². The topological polar surface area (TPSA) is 86.3 Å². The molecule has 182 valence electrons. The highest BCUT2D eigenvalue weighted by Gasteiger charge is 2.60. The molecule has 0 aromatic rings. The second-order valence-electron chi connectivity index (χ2n) is 11.5. The fourth-order valence-electron chi connectivity index (χ4n) is 5.35. The summed E-state index contributed by atoms with van der Waals surface area (Å²) >= 11 is 0. The Labute approximate surface area is 193 Å². The lowest BCUT2D eigenvalue weighted by Crippen LogP contribution is -2.55. The highest BCUT2D eigenvalue weighted by molar-refractivity contribution is 6.45. The fraction of sp³-hybridized carbons (Fsp3) is 0.913. The maximum Gasteiger partial charge on any atom is 0.457 e. The summed E-state index contributed by atoms with van der Waals surface area (Å²) in [7, 11) is 1.11. The molecule has 0 aliphatic carbocycles. The van der Waals surface area contributed by atoms with Crippen molar-refractivity contribution < 1.29 is 28.4 Å². The van der Waals surface area contributed by atoms with Crippen LogP contribution in [0.4, 0.5) is 4.79 Å². The van der Waals surface area contributed by atoms with Gasteiger partial charge in [-0.15, -0.1) is 0 Å². The number of nitrogens with zero attached hydrogens (tertiary/aromatic N) is 1. The molecule has 3 rings (SSSR count). The quantitative estimate of drug-likeness (QED) is 0.506. The lowest BCUT2D eigenvalue weighted by molar-refractivity contribution is -0.150. The second kappa shape index (κ2) is 8.80. The Balaban J connectivity index is 1.77. The van der Waals surface area contributed by atoms with Gasteiger partial charge in [-0.25, -0.2) is 9.59 Å². The van der Waals surface area contributed by atoms with Gasteiger partial charge in [-0.1, -0.05) is 6.42 Å². The molecule has 0 unspecified atom stereocenters. The molecule has 3 atom stereocenters. The molecule has 0 aromatic carbocycles. The van der Waals surface area contributed by atoms with Gasteiger partial charge in [-0.3, -0.25) is 4.90 Å². The van der Waals surface area contributed by atoms with Crippen LogP contribution in [0, 0.1) is 5.41 Å². The number of carbonyl (C=O) groups is 2. The highest BCUT2D eigenvalue weighted by Crippen LogP contribution is 2.48. The summed E-state index contributed by atoms with van der Waals surface area (Å²) in [4.78, 5) is 27.6. The minimum atomic E-state index is -0.668. The van der Waals surface area contributed by atoms with E-state index >= 15 is 0 Å². The van der Waals surface area contributed by atoms with Crippen LogP contribution in [0.3, 0.4) is 0 Å². The van der Waals surface area contributed by atoms with Crippen LogP contribution in [-0.4, -0.2) is 73.2 Å². The number of nitrogens with one attached hydrogen (secondary N) is 1. The Morgan fingerprint density at radius 3 is 2.34 bits per heavy atom. The van der Waals surface area contributed by atoms with Crippen molar-refractivity contribution >= 4 is 19.2 Å². The number of piperidine rings is 1. The van der Waals surface area contributed by atoms with E-state index in [4.69, 9.17) is 18.8 Å². The van der Waals surface area contributed by atoms with Crippen molar-refractivity contribution in [2.45, 2.75) is 109 Å². The van der Waals surface area contributed by atoms with E-state index in [0.717, 1.165) is 38.5 Å². The van der Waals surface area contributed by atoms with Gasteiger partial charge in [0.15, 0.2) is 0 Å². The molecule has 3 fully saturated rings. The number of rotatable bonds is 5. The standard InChI is InChI=1S/C23H41BN2O6/c1-20(2,3)30-19(28)26-15-16-23(12-10-14-25-16,17(26)18(27)29-8)11-9-13-24-31-21(4,5)22(6,7)32-24/h16-17,25H,9-15H2,1-8H3/t16-,17+,23-/m0/s1. The average molecular weight is 452 g/mol. The average Bonchev–Trinajstić information content (AvgIpc) is 3.10. The van der Waals surface area contributed by atoms with E-state index in [1.165, 1.54) is 7.11 Å². The van der Waals surface area contributed by atoms with Crippen LogP contribution >= 0.6 is 0 Å². The molecule has 32 heavy (non-hydrogen) atoms. The molecule has 3 aliphatic heterocycles. The number of esters is 1. The second-order valence-corrected chi connectivity index (χ2v) is 11.5. The molecule has 3 aliphatic rings. The summed E-state index contributed by atoms with van der Waals surface area (Å²) in [6.07, 6.45) is 3.67. The number of fused-ring (bicyclic) bond motifs is 1. The van der Waals surface area contributed by atoms with Crippen molar-refractivity contribution in [3.63, 3.8) is 0 Å². The first-order valence-electron chi connectivity index (χ1n) is 11.9. The van der Waals surface area contributed by atoms with Crippen molar-refractivity contribution in [1.29, 1.82) is 0 Å². The SMILES string of the molecule is COC(=O)[C@H]1N(C(=O)OC(C)(C)C)C[C@@H]2NCCC[C@@]21CCCB1OC(C)(C)C(C)(C)O1. The number of hydrogen-bond acceptors (Lipinski definition) is 7. The number of hydrogen-bond donors (Lipinski definition) is 1. The van der Waals surface area contributed by atoms with Gasteiger partial charge in [0.2, 0.25) is 0 Å². The molecule has 0 bridgehead atoms. The van der Waals surface area contributed by atoms with Crippen LogP contribution in [-0.2, 0) is 23.6 Å². The molecule has 3 saturated heterocycles. The maximum atomic E-state index is 13.0. The number of amides is 1. The van der Waals surface area contributed by atoms with Gasteiger partial charge in [0.05, 0.1) is 18.3 Å². The van der Waals surface area contributed by atoms with Crippen LogP contribution in [0.15, 0.2) is 0 Å². The van der Waals surface area contributed by atoms with Crippen LogP contribution in [0.25, 0.3) is 0 Å². The summed E-state index contributed by atoms with van der Waals surface area (Å²) in [6.45, 7) is 15.0. The Morgan fingerprint density at radius 1 is 1.16 bits per heavy atom. The molecule has 1 N–H and O–H groups in total. The number of likely N-dealkylation sites (tertiary alicyclic amines) is 1. The summed E-state index contributed by atoms with van der Waals surface area (Å²) in [6, 6.07) is -0.649. The summed E-state index contributed by atoms with van der Waals surface area (Å²) in [5.41, 5.74) is -1.75. The van der Waals surface area contributed by atoms with E-state index in [0.29, 0.717) is 6.54 Å². The third-order valence-electron chi connectivity index (χ3n) is 7.58. The monoisotopic (exact) mass is 452 g/mol. The third-order valence-corrected chi connectivity index (χ3v) is 7.58. The highest BCUT2D eigenvalue weighted by atomic mass is 16.7. The zero-order valence-electron chi connectivity index (χ0n) is 21.1. The summed E-state index contributed by atoms with van der Waals surface area (Å²) < 4.78 is 23.1. The Morgan fingerprint density at radius 2 is 1.78 bits per heavy atom. The molecular weight excluding hydrogens is 411 g/mol. The van der Waals surface area contributed by atoms with Crippen molar-refractivity contribution in [2.75, 3.05) is 20.2 Å². The van der Waals surface area contributed by atoms with Gasteiger partial charge >= 0.3 is 19.2 Å². The Kier molecular flexibility index (Phi) is 6.96. The first-order chi connectivity index (χ1) is 14.7. The van der Waals surface area contributed by atoms with Gasteiger partial charge in [0, 0.05) is 18.0 Å². The van der Waals surface area contributed by atoms with Gasteiger partial charge < -0.3 is 24.1 Å². The number of ether oxygens (including phenoxy) is 2. The molecule has 0 spiro atoms. The van der Waals surface area contributed by atoms with Crippen molar-refractivity contribution in [3.05, 3.63) is 0 Å². The largest absolute Gasteiger partial charge is 0.467 e. The van der Waals surface area contributed by atoms with Gasteiger partial charge in [0.25, 0.3) is 0 Å². The zero-order valence-corrected chi connectivity index (χ0v) is 21.1. The molecule has 0 aromatic heterocycles. The molecule has 0 saturated carbocycles. The number of carbonyl (C=O) groups excluding carboxylic acids is 2. The zero-order chi connectivity index (χ0) is 23.9. The van der Waals surface area contributed by atoms with Gasteiger partial charge in [-0.2, -0.15) is 0 Å². The Hall–Kier alpha value is -1.32. The number of methoxy groups -OCH3 is 1. The lowest BCUT2D eigenvalue weighted by Gasteiger charge is -2.42. The first-order valence-corrected chi connectivity index (χ1v) is 11.9. The first kappa shape index (κ1) is 25.3. The lowest BCUT2D eigenvalue weighted by atomic mass is 9.66. The maximum absolute atomic E-state index is 13.0. The molecule has 1 amide bonds. The van der Waals surface area contributed by atoms with E-state index in [1.54, 1.807) is 4.90 Å². The van der Waals surface area contributed by atoms with Crippen molar-refractivity contribution in [2.24, 2.45) is 5.41 Å². The normalized spacial score (nSPS) is 31.4. The molecule has 8 nitrogen and oxygen atoms in total.